The van der Waals surface area contributed by atoms with E-state index in [2.05, 4.69) is 27.9 Å². The summed E-state index contributed by atoms with van der Waals surface area (Å²) in [4.78, 5) is 12.4. The molecule has 1 aliphatic heterocycles. The van der Waals surface area contributed by atoms with Crippen LogP contribution in [0.1, 0.15) is 41.1 Å². The fourth-order valence-electron chi connectivity index (χ4n) is 3.52. The Labute approximate surface area is 142 Å². The summed E-state index contributed by atoms with van der Waals surface area (Å²) in [7, 11) is 0. The lowest BCUT2D eigenvalue weighted by Gasteiger charge is -2.16. The van der Waals surface area contributed by atoms with Crippen LogP contribution >= 0.6 is 0 Å². The van der Waals surface area contributed by atoms with Crippen LogP contribution in [0.2, 0.25) is 0 Å². The predicted octanol–water partition coefficient (Wildman–Crippen LogP) is 2.17. The minimum Gasteiger partial charge on any atom is -0.351 e. The highest BCUT2D eigenvalue weighted by atomic mass is 16.1. The van der Waals surface area contributed by atoms with Gasteiger partial charge in [0.15, 0.2) is 0 Å². The number of nitrogens with one attached hydrogen (secondary N) is 2. The number of amides is 1. The molecule has 2 N–H and O–H groups in total. The Morgan fingerprint density at radius 1 is 1.33 bits per heavy atom. The number of hydrogen-bond acceptors (Lipinski definition) is 3. The fraction of sp³-hybridized carbons (Fsp3) is 0.474. The molecule has 0 bridgehead atoms. The van der Waals surface area contributed by atoms with Crippen molar-refractivity contribution in [2.75, 3.05) is 19.6 Å². The Morgan fingerprint density at radius 2 is 2.17 bits per heavy atom. The third kappa shape index (κ3) is 3.36. The molecule has 0 spiro atoms. The molecule has 2 aromatic rings. The van der Waals surface area contributed by atoms with E-state index in [1.54, 1.807) is 6.20 Å². The first kappa shape index (κ1) is 15.4. The van der Waals surface area contributed by atoms with E-state index in [9.17, 15) is 4.79 Å². The van der Waals surface area contributed by atoms with Crippen LogP contribution in [-0.2, 0) is 6.54 Å². The smallest absolute Gasteiger partial charge is 0.251 e. The molecule has 1 saturated carbocycles. The molecular weight excluding hydrogens is 300 g/mol. The second-order valence-electron chi connectivity index (χ2n) is 7.20. The van der Waals surface area contributed by atoms with E-state index in [0.29, 0.717) is 5.92 Å². The number of carbonyl (C=O) groups excluding carboxylic acids is 1. The van der Waals surface area contributed by atoms with Gasteiger partial charge in [0.2, 0.25) is 0 Å². The lowest BCUT2D eigenvalue weighted by molar-refractivity contribution is 0.0942. The van der Waals surface area contributed by atoms with Gasteiger partial charge in [-0.3, -0.25) is 9.48 Å². The fourth-order valence-corrected chi connectivity index (χ4v) is 3.52. The third-order valence-corrected chi connectivity index (χ3v) is 5.34. The zero-order valence-electron chi connectivity index (χ0n) is 13.9. The van der Waals surface area contributed by atoms with Crippen molar-refractivity contribution in [1.29, 1.82) is 0 Å². The van der Waals surface area contributed by atoms with Crippen molar-refractivity contribution >= 4 is 5.91 Å². The van der Waals surface area contributed by atoms with Crippen LogP contribution in [0, 0.1) is 5.41 Å². The summed E-state index contributed by atoms with van der Waals surface area (Å²) in [6.45, 7) is 3.74. The summed E-state index contributed by atoms with van der Waals surface area (Å²) < 4.78 is 1.96. The summed E-state index contributed by atoms with van der Waals surface area (Å²) in [5, 5.41) is 10.8. The van der Waals surface area contributed by atoms with Gasteiger partial charge < -0.3 is 10.6 Å². The molecule has 2 heterocycles. The molecule has 0 radical (unpaired) electrons. The maximum Gasteiger partial charge on any atom is 0.251 e. The van der Waals surface area contributed by atoms with Crippen molar-refractivity contribution in [3.8, 4) is 0 Å². The SMILES string of the molecule is O=C(NCC1(Cn2cccn2)CC1)c1ccc([C@H]2CCNC2)cc1. The average Bonchev–Trinajstić information content (AvgIpc) is 3.01. The van der Waals surface area contributed by atoms with Crippen LogP contribution in [0.15, 0.2) is 42.7 Å². The molecule has 1 atom stereocenters. The second-order valence-corrected chi connectivity index (χ2v) is 7.20. The highest BCUT2D eigenvalue weighted by Gasteiger charge is 2.43. The second kappa shape index (κ2) is 6.40. The van der Waals surface area contributed by atoms with Gasteiger partial charge in [0, 0.05) is 43.0 Å². The van der Waals surface area contributed by atoms with E-state index >= 15 is 0 Å². The first-order valence-corrected chi connectivity index (χ1v) is 8.80. The van der Waals surface area contributed by atoms with Gasteiger partial charge in [-0.25, -0.2) is 0 Å². The number of aromatic nitrogens is 2. The summed E-state index contributed by atoms with van der Waals surface area (Å²) in [6, 6.07) is 10.1. The van der Waals surface area contributed by atoms with Gasteiger partial charge in [0.05, 0.1) is 0 Å². The molecular formula is C19H24N4O. The predicted molar refractivity (Wildman–Crippen MR) is 92.9 cm³/mol. The van der Waals surface area contributed by atoms with E-state index in [4.69, 9.17) is 0 Å². The number of benzene rings is 1. The van der Waals surface area contributed by atoms with Gasteiger partial charge in [-0.2, -0.15) is 5.10 Å². The maximum absolute atomic E-state index is 12.4. The van der Waals surface area contributed by atoms with E-state index in [1.165, 1.54) is 12.0 Å². The van der Waals surface area contributed by atoms with Crippen LogP contribution < -0.4 is 10.6 Å². The largest absolute Gasteiger partial charge is 0.351 e. The zero-order valence-corrected chi connectivity index (χ0v) is 13.9. The van der Waals surface area contributed by atoms with E-state index < -0.39 is 0 Å². The van der Waals surface area contributed by atoms with Crippen molar-refractivity contribution in [3.05, 3.63) is 53.9 Å². The normalized spacial score (nSPS) is 21.6. The van der Waals surface area contributed by atoms with Gasteiger partial charge in [-0.15, -0.1) is 0 Å². The number of rotatable bonds is 6. The molecule has 126 valence electrons. The topological polar surface area (TPSA) is 59.0 Å². The number of hydrogen-bond donors (Lipinski definition) is 2. The summed E-state index contributed by atoms with van der Waals surface area (Å²) in [5.74, 6) is 0.615. The summed E-state index contributed by atoms with van der Waals surface area (Å²) in [5.41, 5.74) is 2.27. The molecule has 1 saturated heterocycles. The summed E-state index contributed by atoms with van der Waals surface area (Å²) in [6.07, 6.45) is 7.28. The molecule has 1 aliphatic carbocycles. The lowest BCUT2D eigenvalue weighted by Crippen LogP contribution is -2.32. The average molecular weight is 324 g/mol. The van der Waals surface area contributed by atoms with E-state index in [0.717, 1.165) is 44.6 Å². The molecule has 0 unspecified atom stereocenters. The van der Waals surface area contributed by atoms with Crippen molar-refractivity contribution in [3.63, 3.8) is 0 Å². The maximum atomic E-state index is 12.4. The molecule has 24 heavy (non-hydrogen) atoms. The van der Waals surface area contributed by atoms with Gasteiger partial charge in [0.25, 0.3) is 5.91 Å². The molecule has 5 heteroatoms. The van der Waals surface area contributed by atoms with Crippen molar-refractivity contribution in [1.82, 2.24) is 20.4 Å². The molecule has 5 nitrogen and oxygen atoms in total. The molecule has 1 amide bonds. The zero-order chi connectivity index (χ0) is 16.4. The highest BCUT2D eigenvalue weighted by Crippen LogP contribution is 2.46. The third-order valence-electron chi connectivity index (χ3n) is 5.34. The highest BCUT2D eigenvalue weighted by molar-refractivity contribution is 5.94. The Balaban J connectivity index is 1.33. The molecule has 4 rings (SSSR count). The molecule has 2 fully saturated rings. The minimum absolute atomic E-state index is 0.0258. The molecule has 1 aromatic carbocycles. The lowest BCUT2D eigenvalue weighted by atomic mass is 9.97. The van der Waals surface area contributed by atoms with Gasteiger partial charge in [0.1, 0.15) is 0 Å². The first-order chi connectivity index (χ1) is 11.7. The van der Waals surface area contributed by atoms with Crippen molar-refractivity contribution < 1.29 is 4.79 Å². The van der Waals surface area contributed by atoms with Gasteiger partial charge >= 0.3 is 0 Å². The van der Waals surface area contributed by atoms with Gasteiger partial charge in [-0.05, 0) is 55.5 Å². The van der Waals surface area contributed by atoms with Crippen molar-refractivity contribution in [2.45, 2.75) is 31.7 Å². The Bertz CT molecular complexity index is 683. The van der Waals surface area contributed by atoms with Crippen LogP contribution in [0.4, 0.5) is 0 Å². The van der Waals surface area contributed by atoms with Crippen LogP contribution in [0.5, 0.6) is 0 Å². The Hall–Kier alpha value is -2.14. The quantitative estimate of drug-likeness (QED) is 0.856. The molecule has 2 aliphatic rings. The minimum atomic E-state index is 0.0258. The Morgan fingerprint density at radius 3 is 2.79 bits per heavy atom. The van der Waals surface area contributed by atoms with Crippen LogP contribution in [0.25, 0.3) is 0 Å². The van der Waals surface area contributed by atoms with Crippen molar-refractivity contribution in [2.24, 2.45) is 5.41 Å². The monoisotopic (exact) mass is 324 g/mol. The number of carbonyl (C=O) groups is 1. The van der Waals surface area contributed by atoms with Crippen LogP contribution in [-0.4, -0.2) is 35.3 Å². The van der Waals surface area contributed by atoms with Crippen LogP contribution in [0.3, 0.4) is 0 Å². The number of nitrogens with zero attached hydrogens (tertiary/aromatic N) is 2. The summed E-state index contributed by atoms with van der Waals surface area (Å²) >= 11 is 0. The standard InChI is InChI=1S/C19H24N4O/c24-18(16-4-2-15(3-5-16)17-6-10-20-12-17)21-13-19(7-8-19)14-23-11-1-9-22-23/h1-5,9,11,17,20H,6-8,10,12-14H2,(H,21,24)/t17-/m0/s1. The Kier molecular flexibility index (Phi) is 4.10. The van der Waals surface area contributed by atoms with E-state index in [-0.39, 0.29) is 11.3 Å². The molecule has 1 aromatic heterocycles. The van der Waals surface area contributed by atoms with Gasteiger partial charge in [-0.1, -0.05) is 12.1 Å². The van der Waals surface area contributed by atoms with E-state index in [1.807, 2.05) is 29.1 Å². The first-order valence-electron chi connectivity index (χ1n) is 8.80.